The average molecular weight is 755 g/mol. The molecule has 2 aromatic carbocycles. The number of likely N-dealkylation sites (tertiary alicyclic amines) is 1. The molecule has 2 aromatic rings. The van der Waals surface area contributed by atoms with E-state index in [0.717, 1.165) is 42.8 Å². The second-order valence-corrected chi connectivity index (χ2v) is 17.9. The number of urea groups is 1. The van der Waals surface area contributed by atoms with E-state index in [-0.39, 0.29) is 40.9 Å². The van der Waals surface area contributed by atoms with Gasteiger partial charge in [0.05, 0.1) is 30.8 Å². The van der Waals surface area contributed by atoms with Crippen molar-refractivity contribution >= 4 is 39.1 Å². The van der Waals surface area contributed by atoms with Gasteiger partial charge in [0.1, 0.15) is 15.7 Å². The number of fused-ring (bicyclic) bond motifs is 3. The number of carbonyl (C=O) groups excluding carboxylic acids is 2. The third kappa shape index (κ3) is 8.48. The first-order valence-electron chi connectivity index (χ1n) is 18.8. The van der Waals surface area contributed by atoms with Gasteiger partial charge in [-0.25, -0.2) is 9.00 Å². The molecule has 1 N–H and O–H groups in total. The van der Waals surface area contributed by atoms with E-state index in [1.54, 1.807) is 25.2 Å². The molecule has 6 rings (SSSR count). The number of methoxy groups -OCH3 is 2. The van der Waals surface area contributed by atoms with Gasteiger partial charge < -0.3 is 24.0 Å². The summed E-state index contributed by atoms with van der Waals surface area (Å²) < 4.78 is 39.7. The fraction of sp³-hybridized carbons (Fsp3) is 0.600. The molecule has 3 heterocycles. The molecule has 12 heteroatoms. The van der Waals surface area contributed by atoms with Crippen molar-refractivity contribution in [3.05, 3.63) is 70.3 Å². The zero-order valence-corrected chi connectivity index (χ0v) is 32.8. The maximum Gasteiger partial charge on any atom is 0.329 e. The first-order valence-corrected chi connectivity index (χ1v) is 20.9. The summed E-state index contributed by atoms with van der Waals surface area (Å²) in [7, 11) is -0.0877. The lowest BCUT2D eigenvalue weighted by Gasteiger charge is -2.42. The Hall–Kier alpha value is -3.12. The number of allylic oxidation sites excluding steroid dienone is 1. The van der Waals surface area contributed by atoms with Crippen LogP contribution in [-0.4, -0.2) is 86.5 Å². The van der Waals surface area contributed by atoms with Gasteiger partial charge in [0.2, 0.25) is 0 Å². The predicted molar refractivity (Wildman–Crippen MR) is 207 cm³/mol. The average Bonchev–Trinajstić information content (AvgIpc) is 3.53. The van der Waals surface area contributed by atoms with Gasteiger partial charge in [-0.1, -0.05) is 57.0 Å². The van der Waals surface area contributed by atoms with Crippen LogP contribution in [0.25, 0.3) is 0 Å². The minimum absolute atomic E-state index is 0.0293. The molecule has 1 unspecified atom stereocenters. The van der Waals surface area contributed by atoms with Crippen molar-refractivity contribution in [1.82, 2.24) is 9.62 Å². The lowest BCUT2D eigenvalue weighted by atomic mass is 9.70. The molecule has 0 aromatic heterocycles. The number of carbonyl (C=O) groups is 2. The Labute approximate surface area is 314 Å². The molecule has 1 spiro atoms. The van der Waals surface area contributed by atoms with Crippen LogP contribution in [0, 0.1) is 23.7 Å². The lowest BCUT2D eigenvalue weighted by molar-refractivity contribution is 0.0637. The summed E-state index contributed by atoms with van der Waals surface area (Å²) >= 11 is 6.47. The van der Waals surface area contributed by atoms with E-state index in [9.17, 15) is 13.8 Å². The van der Waals surface area contributed by atoms with Crippen LogP contribution in [0.15, 0.2) is 52.9 Å². The number of benzene rings is 2. The Morgan fingerprint density at radius 1 is 1.17 bits per heavy atom. The Morgan fingerprint density at radius 2 is 2.00 bits per heavy atom. The van der Waals surface area contributed by atoms with Crippen LogP contribution in [0.1, 0.15) is 74.4 Å². The number of aryl methyl sites for hydroxylation is 1. The molecule has 3 aliphatic heterocycles. The summed E-state index contributed by atoms with van der Waals surface area (Å²) in [5.74, 6) is 0.619. The summed E-state index contributed by atoms with van der Waals surface area (Å²) in [6.45, 7) is 9.94. The molecule has 2 bridgehead atoms. The largest absolute Gasteiger partial charge is 0.490 e. The van der Waals surface area contributed by atoms with E-state index in [1.165, 1.54) is 11.1 Å². The first-order chi connectivity index (χ1) is 25.0. The van der Waals surface area contributed by atoms with Crippen molar-refractivity contribution < 1.29 is 28.0 Å². The molecule has 0 saturated carbocycles. The summed E-state index contributed by atoms with van der Waals surface area (Å²) in [6, 6.07) is 11.1. The summed E-state index contributed by atoms with van der Waals surface area (Å²) in [5.41, 5.74) is 3.36. The van der Waals surface area contributed by atoms with Crippen LogP contribution in [0.5, 0.6) is 5.75 Å². The summed E-state index contributed by atoms with van der Waals surface area (Å²) in [6.07, 6.45) is 9.35. The molecule has 1 fully saturated rings. The van der Waals surface area contributed by atoms with Crippen LogP contribution < -0.4 is 14.4 Å². The maximum absolute atomic E-state index is 14.6. The molecule has 52 heavy (non-hydrogen) atoms. The van der Waals surface area contributed by atoms with Gasteiger partial charge in [-0.15, -0.1) is 4.36 Å². The molecular weight excluding hydrogens is 700 g/mol. The second kappa shape index (κ2) is 16.5. The van der Waals surface area contributed by atoms with Crippen LogP contribution >= 0.6 is 11.6 Å². The molecule has 3 amide bonds. The van der Waals surface area contributed by atoms with Crippen molar-refractivity contribution in [3.63, 3.8) is 0 Å². The highest BCUT2D eigenvalue weighted by Crippen LogP contribution is 2.45. The number of amides is 3. The zero-order valence-electron chi connectivity index (χ0n) is 31.3. The fourth-order valence-electron chi connectivity index (χ4n) is 8.86. The predicted octanol–water partition coefficient (Wildman–Crippen LogP) is 7.29. The van der Waals surface area contributed by atoms with E-state index in [1.807, 2.05) is 25.1 Å². The number of hydrogen-bond acceptors (Lipinski definition) is 7. The number of nitrogens with one attached hydrogen (secondary N) is 1. The van der Waals surface area contributed by atoms with E-state index in [2.05, 4.69) is 52.1 Å². The first kappa shape index (κ1) is 38.6. The van der Waals surface area contributed by atoms with Gasteiger partial charge in [-0.3, -0.25) is 9.52 Å². The summed E-state index contributed by atoms with van der Waals surface area (Å²) in [4.78, 5) is 31.6. The van der Waals surface area contributed by atoms with Gasteiger partial charge in [-0.2, -0.15) is 0 Å². The molecule has 0 radical (unpaired) electrons. The number of nitrogens with zero attached hydrogens (tertiary/aromatic N) is 3. The molecule has 10 nitrogen and oxygen atoms in total. The van der Waals surface area contributed by atoms with Gasteiger partial charge in [0.25, 0.3) is 5.91 Å². The molecule has 4 aliphatic rings. The Kier molecular flexibility index (Phi) is 12.2. The molecule has 1 aliphatic carbocycles. The fourth-order valence-corrected chi connectivity index (χ4v) is 10.9. The van der Waals surface area contributed by atoms with Crippen LogP contribution in [-0.2, 0) is 31.2 Å². The number of halogens is 1. The number of rotatable bonds is 5. The second-order valence-electron chi connectivity index (χ2n) is 15.5. The van der Waals surface area contributed by atoms with Gasteiger partial charge >= 0.3 is 6.03 Å². The SMILES string of the molecule is CC[C@H]1[C@@H](OC)/C=C/C[C@H](C)CS(=O)(NC(=O)N2CC[C@@H](COC)C2)=NC(=O)c2ccc3c(c2)N(C[C@@H]1C)C[C@@]1(CCCc2cc(Cl)ccc21)CO3. The standard InChI is InChI=1S/C40H55ClN4O6S/c1-6-33-28(3)21-45-25-40(17-8-10-30-19-32(41)13-14-34(30)40)26-51-37-15-12-31(20-35(37)45)38(46)42-52(48,24-27(2)9-7-11-36(33)50-5)43-39(47)44-18-16-29(22-44)23-49-4/h7,11-15,19-20,27-29,33,36H,6,8-10,16-18,21-26H2,1-5H3,(H,42,43,46,47,48)/b11-7+/t27-,28-,29+,33+,36-,40-,52?/m0/s1. The minimum atomic E-state index is -3.49. The highest BCUT2D eigenvalue weighted by molar-refractivity contribution is 7.92. The monoisotopic (exact) mass is 754 g/mol. The smallest absolute Gasteiger partial charge is 0.329 e. The van der Waals surface area contributed by atoms with Crippen molar-refractivity contribution in [3.8, 4) is 5.75 Å². The van der Waals surface area contributed by atoms with E-state index in [0.29, 0.717) is 57.1 Å². The highest BCUT2D eigenvalue weighted by atomic mass is 35.5. The van der Waals surface area contributed by atoms with Gasteiger partial charge in [0, 0.05) is 62.3 Å². The van der Waals surface area contributed by atoms with Crippen molar-refractivity contribution in [1.29, 1.82) is 0 Å². The van der Waals surface area contributed by atoms with Crippen molar-refractivity contribution in [2.45, 2.75) is 70.8 Å². The molecule has 284 valence electrons. The van der Waals surface area contributed by atoms with Gasteiger partial charge in [-0.05, 0) is 91.3 Å². The van der Waals surface area contributed by atoms with Crippen molar-refractivity contribution in [2.24, 2.45) is 28.0 Å². The Morgan fingerprint density at radius 3 is 2.77 bits per heavy atom. The molecule has 1 saturated heterocycles. The third-order valence-electron chi connectivity index (χ3n) is 11.5. The van der Waals surface area contributed by atoms with E-state index >= 15 is 0 Å². The zero-order chi connectivity index (χ0) is 37.0. The minimum Gasteiger partial charge on any atom is -0.490 e. The third-order valence-corrected chi connectivity index (χ3v) is 13.7. The number of hydrogen-bond donors (Lipinski definition) is 1. The van der Waals surface area contributed by atoms with E-state index in [4.69, 9.17) is 25.8 Å². The molecule has 7 atom stereocenters. The quantitative estimate of drug-likeness (QED) is 0.320. The topological polar surface area (TPSA) is 110 Å². The lowest BCUT2D eigenvalue weighted by Crippen LogP contribution is -2.47. The van der Waals surface area contributed by atoms with E-state index < -0.39 is 21.9 Å². The van der Waals surface area contributed by atoms with Crippen LogP contribution in [0.3, 0.4) is 0 Å². The maximum atomic E-state index is 14.6. The summed E-state index contributed by atoms with van der Waals surface area (Å²) in [5, 5.41) is 0.737. The number of ether oxygens (including phenoxy) is 3. The Bertz CT molecular complexity index is 1780. The van der Waals surface area contributed by atoms with Crippen LogP contribution in [0.2, 0.25) is 5.02 Å². The highest BCUT2D eigenvalue weighted by Gasteiger charge is 2.42. The normalized spacial score (nSPS) is 31.7. The number of anilines is 1. The van der Waals surface area contributed by atoms with Crippen LogP contribution in [0.4, 0.5) is 10.5 Å². The van der Waals surface area contributed by atoms with Gasteiger partial charge in [0.15, 0.2) is 0 Å². The van der Waals surface area contributed by atoms with Crippen molar-refractivity contribution in [2.75, 3.05) is 64.3 Å². The molecular formula is C40H55ClN4O6S. The Balaban J connectivity index is 1.41.